The lowest BCUT2D eigenvalue weighted by atomic mass is 9.99. The summed E-state index contributed by atoms with van der Waals surface area (Å²) in [7, 11) is 0. The van der Waals surface area contributed by atoms with Gasteiger partial charge in [-0.15, -0.1) is 11.6 Å². The molecule has 0 spiro atoms. The number of carbonyl (C=O) groups excluding carboxylic acids is 1. The van der Waals surface area contributed by atoms with Crippen molar-refractivity contribution in [3.8, 4) is 0 Å². The maximum atomic E-state index is 11.5. The van der Waals surface area contributed by atoms with E-state index in [2.05, 4.69) is 6.92 Å². The number of hydrogen-bond donors (Lipinski definition) is 0. The fourth-order valence-electron chi connectivity index (χ4n) is 1.49. The van der Waals surface area contributed by atoms with E-state index in [4.69, 9.17) is 11.6 Å². The molecule has 0 bridgehead atoms. The summed E-state index contributed by atoms with van der Waals surface area (Å²) < 4.78 is 0. The monoisotopic (exact) mass is 201 g/mol. The largest absolute Gasteiger partial charge is 0.339 e. The highest BCUT2D eigenvalue weighted by atomic mass is 35.5. The molecule has 2 nitrogen and oxygen atoms in total. The molecule has 1 aliphatic heterocycles. The molecule has 1 rings (SSSR count). The first-order valence-electron chi connectivity index (χ1n) is 4.72. The van der Waals surface area contributed by atoms with Gasteiger partial charge in [0.25, 0.3) is 0 Å². The van der Waals surface area contributed by atoms with Crippen LogP contribution >= 0.6 is 11.6 Å². The number of carbonyl (C=O) groups is 1. The maximum absolute atomic E-state index is 11.5. The van der Waals surface area contributed by atoms with E-state index in [1.54, 1.807) is 0 Å². The van der Waals surface area contributed by atoms with Crippen molar-refractivity contribution in [1.29, 1.82) is 0 Å². The van der Waals surface area contributed by atoms with Gasteiger partial charge in [-0.1, -0.05) is 19.1 Å². The number of amides is 1. The van der Waals surface area contributed by atoms with E-state index >= 15 is 0 Å². The minimum absolute atomic E-state index is 0.276. The molecule has 0 N–H and O–H groups in total. The lowest BCUT2D eigenvalue weighted by molar-refractivity contribution is -0.134. The van der Waals surface area contributed by atoms with Crippen molar-refractivity contribution in [2.75, 3.05) is 19.0 Å². The molecule has 0 aromatic carbocycles. The topological polar surface area (TPSA) is 20.3 Å². The molecular formula is C10H16ClNO. The first-order valence-corrected chi connectivity index (χ1v) is 5.26. The Balaban J connectivity index is 2.34. The van der Waals surface area contributed by atoms with Gasteiger partial charge in [0.2, 0.25) is 5.91 Å². The van der Waals surface area contributed by atoms with Gasteiger partial charge < -0.3 is 4.90 Å². The summed E-state index contributed by atoms with van der Waals surface area (Å²) in [5.41, 5.74) is 0. The summed E-state index contributed by atoms with van der Waals surface area (Å²) in [4.78, 5) is 13.3. The van der Waals surface area contributed by atoms with Gasteiger partial charge in [-0.05, 0) is 12.3 Å². The van der Waals surface area contributed by atoms with E-state index in [0.29, 0.717) is 18.2 Å². The van der Waals surface area contributed by atoms with Gasteiger partial charge in [0.1, 0.15) is 0 Å². The number of piperidine rings is 1. The van der Waals surface area contributed by atoms with Crippen LogP contribution in [0.25, 0.3) is 0 Å². The van der Waals surface area contributed by atoms with Gasteiger partial charge in [0.05, 0.1) is 0 Å². The van der Waals surface area contributed by atoms with E-state index in [1.165, 1.54) is 0 Å². The predicted octanol–water partition coefficient (Wildman–Crippen LogP) is 2.04. The Morgan fingerprint density at radius 1 is 1.62 bits per heavy atom. The van der Waals surface area contributed by atoms with Crippen LogP contribution in [0.15, 0.2) is 12.2 Å². The Morgan fingerprint density at radius 3 is 3.00 bits per heavy atom. The molecule has 3 heteroatoms. The normalized spacial score (nSPS) is 24.3. The molecule has 74 valence electrons. The van der Waals surface area contributed by atoms with E-state index in [1.807, 2.05) is 17.1 Å². The highest BCUT2D eigenvalue weighted by Gasteiger charge is 2.21. The van der Waals surface area contributed by atoms with Crippen LogP contribution in [0.5, 0.6) is 0 Å². The third kappa shape index (κ3) is 3.39. The molecule has 1 amide bonds. The van der Waals surface area contributed by atoms with Crippen LogP contribution in [0, 0.1) is 5.92 Å². The number of likely N-dealkylation sites (tertiary alicyclic amines) is 1. The van der Waals surface area contributed by atoms with E-state index in [9.17, 15) is 4.79 Å². The predicted molar refractivity (Wildman–Crippen MR) is 54.8 cm³/mol. The van der Waals surface area contributed by atoms with Gasteiger partial charge in [-0.2, -0.15) is 0 Å². The van der Waals surface area contributed by atoms with E-state index in [-0.39, 0.29) is 5.91 Å². The minimum Gasteiger partial charge on any atom is -0.339 e. The average Bonchev–Trinajstić information content (AvgIpc) is 2.09. The Kier molecular flexibility index (Phi) is 4.29. The molecule has 0 saturated carbocycles. The number of allylic oxidation sites excluding steroid dienone is 1. The quantitative estimate of drug-likeness (QED) is 0.506. The van der Waals surface area contributed by atoms with Crippen molar-refractivity contribution in [2.24, 2.45) is 5.92 Å². The molecule has 0 aromatic heterocycles. The zero-order chi connectivity index (χ0) is 9.68. The number of rotatable bonds is 3. The number of hydrogen-bond acceptors (Lipinski definition) is 1. The summed E-state index contributed by atoms with van der Waals surface area (Å²) in [5.74, 6) is 1.36. The van der Waals surface area contributed by atoms with Gasteiger partial charge in [-0.25, -0.2) is 0 Å². The zero-order valence-corrected chi connectivity index (χ0v) is 8.76. The molecule has 1 fully saturated rings. The molecule has 13 heavy (non-hydrogen) atoms. The molecule has 0 radical (unpaired) electrons. The van der Waals surface area contributed by atoms with Gasteiger partial charge in [0.15, 0.2) is 0 Å². The minimum atomic E-state index is 0.276. The first-order chi connectivity index (χ1) is 6.24. The number of halogens is 1. The standard InChI is InChI=1S/C10H16ClNO/c1-9-4-7-12(10(13)8-9)6-3-2-5-11/h2-3,9H,4-8H2,1H3/b3-2+. The highest BCUT2D eigenvalue weighted by Crippen LogP contribution is 2.16. The smallest absolute Gasteiger partial charge is 0.223 e. The van der Waals surface area contributed by atoms with Crippen molar-refractivity contribution >= 4 is 17.5 Å². The molecule has 1 aliphatic rings. The summed E-state index contributed by atoms with van der Waals surface area (Å²) in [6.45, 7) is 3.74. The first kappa shape index (κ1) is 10.6. The van der Waals surface area contributed by atoms with Crippen molar-refractivity contribution in [3.05, 3.63) is 12.2 Å². The van der Waals surface area contributed by atoms with Crippen LogP contribution in [0.4, 0.5) is 0 Å². The molecular weight excluding hydrogens is 186 g/mol. The van der Waals surface area contributed by atoms with Crippen molar-refractivity contribution < 1.29 is 4.79 Å². The Hall–Kier alpha value is -0.500. The van der Waals surface area contributed by atoms with E-state index in [0.717, 1.165) is 19.5 Å². The molecule has 1 heterocycles. The van der Waals surface area contributed by atoms with Crippen molar-refractivity contribution in [3.63, 3.8) is 0 Å². The van der Waals surface area contributed by atoms with Gasteiger partial charge in [-0.3, -0.25) is 4.79 Å². The third-order valence-corrected chi connectivity index (χ3v) is 2.53. The summed E-state index contributed by atoms with van der Waals surface area (Å²) in [5, 5.41) is 0. The SMILES string of the molecule is CC1CCN(C/C=C/CCl)C(=O)C1. The maximum Gasteiger partial charge on any atom is 0.223 e. The van der Waals surface area contributed by atoms with Gasteiger partial charge >= 0.3 is 0 Å². The van der Waals surface area contributed by atoms with Crippen LogP contribution in [0.3, 0.4) is 0 Å². The number of nitrogens with zero attached hydrogens (tertiary/aromatic N) is 1. The molecule has 1 saturated heterocycles. The zero-order valence-electron chi connectivity index (χ0n) is 8.00. The van der Waals surface area contributed by atoms with Gasteiger partial charge in [0, 0.05) is 25.4 Å². The van der Waals surface area contributed by atoms with Crippen molar-refractivity contribution in [2.45, 2.75) is 19.8 Å². The second-order valence-corrected chi connectivity index (χ2v) is 3.87. The van der Waals surface area contributed by atoms with Crippen LogP contribution in [0.2, 0.25) is 0 Å². The van der Waals surface area contributed by atoms with Crippen LogP contribution < -0.4 is 0 Å². The number of alkyl halides is 1. The second kappa shape index (κ2) is 5.28. The molecule has 1 unspecified atom stereocenters. The lowest BCUT2D eigenvalue weighted by Gasteiger charge is -2.29. The average molecular weight is 202 g/mol. The summed E-state index contributed by atoms with van der Waals surface area (Å²) in [6.07, 6.45) is 5.67. The molecule has 1 atom stereocenters. The third-order valence-electron chi connectivity index (χ3n) is 2.35. The Bertz CT molecular complexity index is 203. The molecule has 0 aliphatic carbocycles. The van der Waals surface area contributed by atoms with Crippen LogP contribution in [-0.2, 0) is 4.79 Å². The van der Waals surface area contributed by atoms with Crippen LogP contribution in [-0.4, -0.2) is 29.8 Å². The highest BCUT2D eigenvalue weighted by molar-refractivity contribution is 6.18. The fourth-order valence-corrected chi connectivity index (χ4v) is 1.61. The Labute approximate surface area is 84.6 Å². The summed E-state index contributed by atoms with van der Waals surface area (Å²) in [6, 6.07) is 0. The van der Waals surface area contributed by atoms with Crippen LogP contribution in [0.1, 0.15) is 19.8 Å². The molecule has 0 aromatic rings. The fraction of sp³-hybridized carbons (Fsp3) is 0.700. The summed E-state index contributed by atoms with van der Waals surface area (Å²) >= 11 is 5.49. The Morgan fingerprint density at radius 2 is 2.38 bits per heavy atom. The lowest BCUT2D eigenvalue weighted by Crippen LogP contribution is -2.38. The second-order valence-electron chi connectivity index (χ2n) is 3.56. The van der Waals surface area contributed by atoms with E-state index < -0.39 is 0 Å². The van der Waals surface area contributed by atoms with Crippen molar-refractivity contribution in [1.82, 2.24) is 4.90 Å².